The quantitative estimate of drug-likeness (QED) is 0.705. The molecule has 120 valence electrons. The summed E-state index contributed by atoms with van der Waals surface area (Å²) in [6.45, 7) is 0. The number of sulfonamides is 1. The summed E-state index contributed by atoms with van der Waals surface area (Å²) in [6, 6.07) is 15.2. The van der Waals surface area contributed by atoms with Crippen molar-refractivity contribution >= 4 is 21.6 Å². The number of carbonyl (C=O) groups is 1. The second kappa shape index (κ2) is 6.39. The molecule has 1 aliphatic rings. The summed E-state index contributed by atoms with van der Waals surface area (Å²) in [5.74, 6) is -0.405. The molecular weight excluding hydrogens is 314 g/mol. The van der Waals surface area contributed by atoms with E-state index in [1.54, 1.807) is 24.3 Å². The van der Waals surface area contributed by atoms with Crippen LogP contribution in [0.1, 0.15) is 23.2 Å². The minimum atomic E-state index is -3.57. The molecule has 0 aromatic heterocycles. The van der Waals surface area contributed by atoms with Crippen LogP contribution in [-0.4, -0.2) is 20.4 Å². The fraction of sp³-hybridized carbons (Fsp3) is 0.188. The number of benzene rings is 2. The Morgan fingerprint density at radius 1 is 1.00 bits per heavy atom. The second-order valence-electron chi connectivity index (χ2n) is 5.37. The van der Waals surface area contributed by atoms with Crippen LogP contribution in [0.15, 0.2) is 59.5 Å². The lowest BCUT2D eigenvalue weighted by molar-refractivity contribution is 0.0962. The fourth-order valence-corrected chi connectivity index (χ4v) is 3.37. The van der Waals surface area contributed by atoms with Gasteiger partial charge in [-0.05, 0) is 43.2 Å². The van der Waals surface area contributed by atoms with Gasteiger partial charge in [0.2, 0.25) is 10.0 Å². The predicted octanol–water partition coefficient (Wildman–Crippen LogP) is 1.88. The zero-order valence-corrected chi connectivity index (χ0v) is 13.1. The number of nitrogens with one attached hydrogen (secondary N) is 3. The highest BCUT2D eigenvalue weighted by molar-refractivity contribution is 7.89. The first-order valence-corrected chi connectivity index (χ1v) is 8.77. The van der Waals surface area contributed by atoms with E-state index in [0.29, 0.717) is 0 Å². The van der Waals surface area contributed by atoms with Crippen molar-refractivity contribution in [3.63, 3.8) is 0 Å². The van der Waals surface area contributed by atoms with E-state index in [-0.39, 0.29) is 16.5 Å². The number of para-hydroxylation sites is 1. The highest BCUT2D eigenvalue weighted by Gasteiger charge is 2.28. The lowest BCUT2D eigenvalue weighted by Gasteiger charge is -2.10. The van der Waals surface area contributed by atoms with E-state index < -0.39 is 15.9 Å². The molecule has 0 radical (unpaired) electrons. The predicted molar refractivity (Wildman–Crippen MR) is 87.3 cm³/mol. The van der Waals surface area contributed by atoms with Gasteiger partial charge in [-0.15, -0.1) is 0 Å². The summed E-state index contributed by atoms with van der Waals surface area (Å²) in [5, 5.41) is 0. The molecular formula is C16H17N3O3S. The third-order valence-electron chi connectivity index (χ3n) is 3.40. The first kappa shape index (κ1) is 15.5. The van der Waals surface area contributed by atoms with Gasteiger partial charge in [-0.1, -0.05) is 24.3 Å². The number of anilines is 1. The van der Waals surface area contributed by atoms with Crippen molar-refractivity contribution in [2.45, 2.75) is 23.8 Å². The number of carbonyl (C=O) groups excluding carboxylic acids is 1. The van der Waals surface area contributed by atoms with Gasteiger partial charge in [0.25, 0.3) is 5.91 Å². The first-order chi connectivity index (χ1) is 11.0. The minimum absolute atomic E-state index is 0.0252. The molecule has 0 saturated heterocycles. The van der Waals surface area contributed by atoms with Crippen LogP contribution in [-0.2, 0) is 10.0 Å². The largest absolute Gasteiger partial charge is 0.298 e. The number of amides is 1. The summed E-state index contributed by atoms with van der Waals surface area (Å²) >= 11 is 0. The van der Waals surface area contributed by atoms with Crippen LogP contribution in [0.3, 0.4) is 0 Å². The van der Waals surface area contributed by atoms with Crippen LogP contribution in [0.2, 0.25) is 0 Å². The molecule has 0 bridgehead atoms. The number of hydrogen-bond donors (Lipinski definition) is 3. The molecule has 1 amide bonds. The summed E-state index contributed by atoms with van der Waals surface area (Å²) in [6.07, 6.45) is 1.72. The van der Waals surface area contributed by atoms with Gasteiger partial charge in [0.05, 0.1) is 10.6 Å². The number of hydrogen-bond acceptors (Lipinski definition) is 4. The number of hydrazine groups is 1. The average Bonchev–Trinajstić information content (AvgIpc) is 3.37. The first-order valence-electron chi connectivity index (χ1n) is 7.28. The van der Waals surface area contributed by atoms with Gasteiger partial charge in [-0.3, -0.25) is 15.6 Å². The summed E-state index contributed by atoms with van der Waals surface area (Å²) in [4.78, 5) is 12.2. The molecule has 0 unspecified atom stereocenters. The van der Waals surface area contributed by atoms with E-state index in [0.717, 1.165) is 18.5 Å². The van der Waals surface area contributed by atoms with Gasteiger partial charge in [-0.2, -0.15) is 0 Å². The van der Waals surface area contributed by atoms with E-state index in [1.165, 1.54) is 12.1 Å². The normalized spacial score (nSPS) is 14.3. The van der Waals surface area contributed by atoms with Crippen molar-refractivity contribution in [1.29, 1.82) is 0 Å². The molecule has 0 atom stereocenters. The molecule has 7 heteroatoms. The average molecular weight is 331 g/mol. The third kappa shape index (κ3) is 4.08. The summed E-state index contributed by atoms with van der Waals surface area (Å²) in [5.41, 5.74) is 6.33. The van der Waals surface area contributed by atoms with E-state index in [4.69, 9.17) is 0 Å². The Morgan fingerprint density at radius 3 is 2.43 bits per heavy atom. The Kier molecular flexibility index (Phi) is 4.31. The maximum atomic E-state index is 12.2. The SMILES string of the molecule is O=C(NNc1ccccc1)c1cccc(S(=O)(=O)NC2CC2)c1. The summed E-state index contributed by atoms with van der Waals surface area (Å²) in [7, 11) is -3.57. The summed E-state index contributed by atoms with van der Waals surface area (Å²) < 4.78 is 27.0. The van der Waals surface area contributed by atoms with Crippen LogP contribution in [0.25, 0.3) is 0 Å². The lowest BCUT2D eigenvalue weighted by atomic mass is 10.2. The van der Waals surface area contributed by atoms with Crippen LogP contribution < -0.4 is 15.6 Å². The second-order valence-corrected chi connectivity index (χ2v) is 7.08. The van der Waals surface area contributed by atoms with Gasteiger partial charge in [0, 0.05) is 11.6 Å². The van der Waals surface area contributed by atoms with Crippen molar-refractivity contribution in [3.8, 4) is 0 Å². The molecule has 2 aromatic carbocycles. The Morgan fingerprint density at radius 2 is 1.74 bits per heavy atom. The van der Waals surface area contributed by atoms with E-state index in [9.17, 15) is 13.2 Å². The molecule has 1 saturated carbocycles. The Labute approximate surface area is 134 Å². The molecule has 6 nitrogen and oxygen atoms in total. The van der Waals surface area contributed by atoms with E-state index in [1.807, 2.05) is 18.2 Å². The lowest BCUT2D eigenvalue weighted by Crippen LogP contribution is -2.30. The topological polar surface area (TPSA) is 87.3 Å². The Bertz CT molecular complexity index is 802. The maximum absolute atomic E-state index is 12.2. The third-order valence-corrected chi connectivity index (χ3v) is 4.92. The van der Waals surface area contributed by atoms with Crippen LogP contribution >= 0.6 is 0 Å². The highest BCUT2D eigenvalue weighted by atomic mass is 32.2. The molecule has 1 fully saturated rings. The Balaban J connectivity index is 1.70. The highest BCUT2D eigenvalue weighted by Crippen LogP contribution is 2.22. The molecule has 1 aliphatic carbocycles. The standard InChI is InChI=1S/C16H17N3O3S/c20-16(18-17-13-6-2-1-3-7-13)12-5-4-8-15(11-12)23(21,22)19-14-9-10-14/h1-8,11,14,17,19H,9-10H2,(H,18,20). The Hall–Kier alpha value is -2.38. The van der Waals surface area contributed by atoms with Gasteiger partial charge in [-0.25, -0.2) is 13.1 Å². The molecule has 23 heavy (non-hydrogen) atoms. The van der Waals surface area contributed by atoms with Gasteiger partial charge < -0.3 is 0 Å². The maximum Gasteiger partial charge on any atom is 0.269 e. The molecule has 3 rings (SSSR count). The fourth-order valence-electron chi connectivity index (χ4n) is 2.02. The number of rotatable bonds is 6. The molecule has 2 aromatic rings. The van der Waals surface area contributed by atoms with Crippen molar-refractivity contribution < 1.29 is 13.2 Å². The molecule has 0 heterocycles. The van der Waals surface area contributed by atoms with Crippen molar-refractivity contribution in [1.82, 2.24) is 10.1 Å². The van der Waals surface area contributed by atoms with Crippen molar-refractivity contribution in [3.05, 3.63) is 60.2 Å². The minimum Gasteiger partial charge on any atom is -0.298 e. The van der Waals surface area contributed by atoms with E-state index >= 15 is 0 Å². The van der Waals surface area contributed by atoms with Gasteiger partial charge in [0.1, 0.15) is 0 Å². The van der Waals surface area contributed by atoms with Crippen LogP contribution in [0, 0.1) is 0 Å². The monoisotopic (exact) mass is 331 g/mol. The molecule has 0 aliphatic heterocycles. The van der Waals surface area contributed by atoms with Crippen molar-refractivity contribution in [2.24, 2.45) is 0 Å². The zero-order chi connectivity index (χ0) is 16.3. The molecule has 3 N–H and O–H groups in total. The van der Waals surface area contributed by atoms with Gasteiger partial charge >= 0.3 is 0 Å². The smallest absolute Gasteiger partial charge is 0.269 e. The van der Waals surface area contributed by atoms with Crippen molar-refractivity contribution in [2.75, 3.05) is 5.43 Å². The zero-order valence-electron chi connectivity index (χ0n) is 12.3. The van der Waals surface area contributed by atoms with E-state index in [2.05, 4.69) is 15.6 Å². The van der Waals surface area contributed by atoms with Crippen LogP contribution in [0.4, 0.5) is 5.69 Å². The van der Waals surface area contributed by atoms with Crippen LogP contribution in [0.5, 0.6) is 0 Å². The van der Waals surface area contributed by atoms with Gasteiger partial charge in [0.15, 0.2) is 0 Å². The molecule has 0 spiro atoms.